The van der Waals surface area contributed by atoms with E-state index in [4.69, 9.17) is 5.26 Å². The van der Waals surface area contributed by atoms with Crippen LogP contribution in [0.2, 0.25) is 0 Å². The average molecular weight is 283 g/mol. The molecule has 2 aromatic rings. The minimum atomic E-state index is -4.70. The van der Waals surface area contributed by atoms with Gasteiger partial charge < -0.3 is 0 Å². The molecule has 102 valence electrons. The van der Waals surface area contributed by atoms with Crippen molar-refractivity contribution in [2.75, 3.05) is 0 Å². The van der Waals surface area contributed by atoms with Crippen LogP contribution in [0, 0.1) is 21.4 Å². The van der Waals surface area contributed by atoms with Crippen LogP contribution in [0.25, 0.3) is 5.69 Å². The zero-order valence-electron chi connectivity index (χ0n) is 9.50. The van der Waals surface area contributed by atoms with Gasteiger partial charge in [-0.2, -0.15) is 18.4 Å². The molecule has 2 rings (SSSR count). The van der Waals surface area contributed by atoms with E-state index in [1.165, 1.54) is 0 Å². The fourth-order valence-electron chi connectivity index (χ4n) is 1.54. The van der Waals surface area contributed by atoms with Gasteiger partial charge in [0.25, 0.3) is 5.69 Å². The Morgan fingerprint density at radius 2 is 2.10 bits per heavy atom. The molecule has 1 aromatic carbocycles. The summed E-state index contributed by atoms with van der Waals surface area (Å²) in [5, 5.41) is 26.4. The molecule has 0 aliphatic rings. The number of nitro groups is 1. The van der Waals surface area contributed by atoms with Crippen molar-refractivity contribution in [3.63, 3.8) is 0 Å². The van der Waals surface area contributed by atoms with E-state index >= 15 is 0 Å². The number of hydrogen-bond donors (Lipinski definition) is 0. The molecule has 0 amide bonds. The van der Waals surface area contributed by atoms with Crippen LogP contribution in [0.4, 0.5) is 18.9 Å². The topological polar surface area (TPSA) is 97.6 Å². The van der Waals surface area contributed by atoms with Gasteiger partial charge in [-0.15, -0.1) is 10.2 Å². The third-order valence-electron chi connectivity index (χ3n) is 2.41. The lowest BCUT2D eigenvalue weighted by atomic mass is 10.1. The molecular weight excluding hydrogens is 279 g/mol. The molecule has 0 N–H and O–H groups in total. The van der Waals surface area contributed by atoms with E-state index in [0.29, 0.717) is 12.1 Å². The first-order valence-electron chi connectivity index (χ1n) is 5.00. The number of nitriles is 1. The molecule has 0 saturated carbocycles. The summed E-state index contributed by atoms with van der Waals surface area (Å²) in [4.78, 5) is 9.93. The van der Waals surface area contributed by atoms with E-state index in [2.05, 4.69) is 10.2 Å². The zero-order valence-corrected chi connectivity index (χ0v) is 9.50. The van der Waals surface area contributed by atoms with Crippen LogP contribution in [-0.2, 0) is 6.18 Å². The lowest BCUT2D eigenvalue weighted by Gasteiger charge is -2.09. The van der Waals surface area contributed by atoms with Crippen LogP contribution < -0.4 is 0 Å². The summed E-state index contributed by atoms with van der Waals surface area (Å²) in [7, 11) is 0. The fraction of sp³-hybridized carbons (Fsp3) is 0.100. The Bertz CT molecular complexity index is 716. The maximum Gasteiger partial charge on any atom is 0.416 e. The van der Waals surface area contributed by atoms with Crippen LogP contribution in [0.1, 0.15) is 11.4 Å². The Balaban J connectivity index is 2.67. The van der Waals surface area contributed by atoms with E-state index in [1.54, 1.807) is 6.07 Å². The molecule has 0 fully saturated rings. The van der Waals surface area contributed by atoms with Crippen LogP contribution >= 0.6 is 0 Å². The van der Waals surface area contributed by atoms with Crippen molar-refractivity contribution < 1.29 is 18.1 Å². The van der Waals surface area contributed by atoms with E-state index in [0.717, 1.165) is 17.0 Å². The summed E-state index contributed by atoms with van der Waals surface area (Å²) in [6.45, 7) is 0. The second-order valence-corrected chi connectivity index (χ2v) is 3.59. The third kappa shape index (κ3) is 2.28. The number of benzene rings is 1. The van der Waals surface area contributed by atoms with E-state index in [9.17, 15) is 23.3 Å². The second kappa shape index (κ2) is 4.61. The van der Waals surface area contributed by atoms with Crippen LogP contribution in [0.15, 0.2) is 24.5 Å². The van der Waals surface area contributed by atoms with E-state index < -0.39 is 22.4 Å². The lowest BCUT2D eigenvalue weighted by molar-refractivity contribution is -0.384. The minimum Gasteiger partial charge on any atom is -0.266 e. The maximum absolute atomic E-state index is 12.5. The van der Waals surface area contributed by atoms with Crippen LogP contribution in [0.3, 0.4) is 0 Å². The van der Waals surface area contributed by atoms with Crippen molar-refractivity contribution in [1.29, 1.82) is 5.26 Å². The summed E-state index contributed by atoms with van der Waals surface area (Å²) in [5.41, 5.74) is -2.17. The molecule has 20 heavy (non-hydrogen) atoms. The Hall–Kier alpha value is -2.96. The predicted molar refractivity (Wildman–Crippen MR) is 57.7 cm³/mol. The van der Waals surface area contributed by atoms with Gasteiger partial charge in [0, 0.05) is 6.07 Å². The fourth-order valence-corrected chi connectivity index (χ4v) is 1.54. The molecule has 7 nitrogen and oxygen atoms in total. The Morgan fingerprint density at radius 1 is 1.40 bits per heavy atom. The number of nitro benzene ring substituents is 1. The summed E-state index contributed by atoms with van der Waals surface area (Å²) < 4.78 is 38.6. The Labute approximate surface area is 109 Å². The molecule has 0 saturated heterocycles. The molecule has 0 aliphatic heterocycles. The second-order valence-electron chi connectivity index (χ2n) is 3.59. The third-order valence-corrected chi connectivity index (χ3v) is 2.41. The highest BCUT2D eigenvalue weighted by Crippen LogP contribution is 2.34. The number of rotatable bonds is 2. The number of nitrogens with zero attached hydrogens (tertiary/aromatic N) is 5. The monoisotopic (exact) mass is 283 g/mol. The first kappa shape index (κ1) is 13.5. The van der Waals surface area contributed by atoms with Gasteiger partial charge in [-0.1, -0.05) is 0 Å². The highest BCUT2D eigenvalue weighted by atomic mass is 19.4. The van der Waals surface area contributed by atoms with Gasteiger partial charge in [-0.3, -0.25) is 14.7 Å². The molecule has 0 aliphatic carbocycles. The van der Waals surface area contributed by atoms with Crippen molar-refractivity contribution >= 4 is 5.69 Å². The van der Waals surface area contributed by atoms with Crippen molar-refractivity contribution in [1.82, 2.24) is 14.8 Å². The Morgan fingerprint density at radius 3 is 2.65 bits per heavy atom. The van der Waals surface area contributed by atoms with Crippen LogP contribution in [0.5, 0.6) is 0 Å². The first-order valence-corrected chi connectivity index (χ1v) is 5.00. The maximum atomic E-state index is 12.5. The van der Waals surface area contributed by atoms with E-state index in [1.807, 2.05) is 0 Å². The molecule has 0 radical (unpaired) electrons. The molecule has 1 aromatic heterocycles. The average Bonchev–Trinajstić information content (AvgIpc) is 2.84. The van der Waals surface area contributed by atoms with Crippen LogP contribution in [-0.4, -0.2) is 19.7 Å². The zero-order chi connectivity index (χ0) is 14.9. The molecule has 10 heteroatoms. The highest BCUT2D eigenvalue weighted by Gasteiger charge is 2.33. The standard InChI is InChI=1S/C10H4F3N5O2/c11-10(12,13)6-1-2-7(8(3-6)18(19)20)17-5-15-16-9(17)4-14/h1-3,5H. The smallest absolute Gasteiger partial charge is 0.266 e. The van der Waals surface area contributed by atoms with Gasteiger partial charge in [0.2, 0.25) is 5.82 Å². The van der Waals surface area contributed by atoms with Gasteiger partial charge >= 0.3 is 6.18 Å². The number of hydrogen-bond acceptors (Lipinski definition) is 5. The predicted octanol–water partition coefficient (Wildman–Crippen LogP) is 2.07. The SMILES string of the molecule is N#Cc1nncn1-c1ccc(C(F)(F)F)cc1[N+](=O)[O-]. The number of halogens is 3. The summed E-state index contributed by atoms with van der Waals surface area (Å²) in [5.74, 6) is -0.271. The summed E-state index contributed by atoms with van der Waals surface area (Å²) in [6, 6.07) is 3.61. The minimum absolute atomic E-state index is 0.218. The van der Waals surface area contributed by atoms with Crippen molar-refractivity contribution in [2.45, 2.75) is 6.18 Å². The molecule has 0 unspecified atom stereocenters. The largest absolute Gasteiger partial charge is 0.416 e. The molecule has 0 bridgehead atoms. The molecule has 0 spiro atoms. The number of aromatic nitrogens is 3. The normalized spacial score (nSPS) is 11.1. The van der Waals surface area contributed by atoms with Gasteiger partial charge in [0.1, 0.15) is 18.1 Å². The summed E-state index contributed by atoms with van der Waals surface area (Å²) >= 11 is 0. The quantitative estimate of drug-likeness (QED) is 0.620. The summed E-state index contributed by atoms with van der Waals surface area (Å²) in [6.07, 6.45) is -3.69. The van der Waals surface area contributed by atoms with E-state index in [-0.39, 0.29) is 11.5 Å². The van der Waals surface area contributed by atoms with Gasteiger partial charge in [-0.25, -0.2) is 0 Å². The Kier molecular flexibility index (Phi) is 3.11. The molecule has 0 atom stereocenters. The van der Waals surface area contributed by atoms with Crippen molar-refractivity contribution in [3.8, 4) is 11.8 Å². The highest BCUT2D eigenvalue weighted by molar-refractivity contribution is 5.55. The molecular formula is C10H4F3N5O2. The van der Waals surface area contributed by atoms with Gasteiger partial charge in [0.05, 0.1) is 10.5 Å². The van der Waals surface area contributed by atoms with Gasteiger partial charge in [0.15, 0.2) is 0 Å². The first-order chi connectivity index (χ1) is 9.34. The van der Waals surface area contributed by atoms with Gasteiger partial charge in [-0.05, 0) is 12.1 Å². The lowest BCUT2D eigenvalue weighted by Crippen LogP contribution is -2.08. The van der Waals surface area contributed by atoms with Crippen molar-refractivity contribution in [3.05, 3.63) is 46.0 Å². The molecule has 1 heterocycles. The number of alkyl halides is 3. The van der Waals surface area contributed by atoms with Crippen molar-refractivity contribution in [2.24, 2.45) is 0 Å².